The Bertz CT molecular complexity index is 1380. The van der Waals surface area contributed by atoms with Gasteiger partial charge in [0.15, 0.2) is 0 Å². The van der Waals surface area contributed by atoms with Crippen LogP contribution in [-0.4, -0.2) is 41.3 Å². The number of unbranched alkanes of at least 4 members (excludes halogenated alkanes) is 1. The lowest BCUT2D eigenvalue weighted by Gasteiger charge is -2.27. The number of aromatic nitrogens is 2. The zero-order valence-corrected chi connectivity index (χ0v) is 21.6. The highest BCUT2D eigenvalue weighted by Gasteiger charge is 2.25. The molecule has 3 aromatic rings. The van der Waals surface area contributed by atoms with Crippen LogP contribution in [-0.2, 0) is 35.8 Å². The normalized spacial score (nSPS) is 17.4. The van der Waals surface area contributed by atoms with Gasteiger partial charge in [0.05, 0.1) is 23.7 Å². The lowest BCUT2D eigenvalue weighted by Crippen LogP contribution is -2.35. The molecule has 0 bridgehead atoms. The first-order valence-corrected chi connectivity index (χ1v) is 14.5. The van der Waals surface area contributed by atoms with E-state index in [0.29, 0.717) is 25.3 Å². The molecule has 2 aliphatic rings. The van der Waals surface area contributed by atoms with Gasteiger partial charge in [0.25, 0.3) is 0 Å². The molecular formula is C27H33N5O3S. The Hall–Kier alpha value is -3.17. The second kappa shape index (κ2) is 10.1. The second-order valence-electron chi connectivity index (χ2n) is 9.72. The first-order valence-electron chi connectivity index (χ1n) is 12.6. The number of nitrogens with one attached hydrogen (secondary N) is 2. The third kappa shape index (κ3) is 5.17. The highest BCUT2D eigenvalue weighted by Crippen LogP contribution is 2.31. The van der Waals surface area contributed by atoms with Gasteiger partial charge in [-0.25, -0.2) is 17.9 Å². The van der Waals surface area contributed by atoms with Crippen LogP contribution in [0.15, 0.2) is 48.5 Å². The second-order valence-corrected chi connectivity index (χ2v) is 11.7. The number of anilines is 1. The van der Waals surface area contributed by atoms with Gasteiger partial charge in [-0.3, -0.25) is 5.32 Å². The molecule has 1 aliphatic heterocycles. The molecule has 2 N–H and O–H groups in total. The van der Waals surface area contributed by atoms with Crippen LogP contribution in [0, 0.1) is 0 Å². The molecule has 0 fully saturated rings. The molecule has 190 valence electrons. The minimum atomic E-state index is -3.26. The van der Waals surface area contributed by atoms with Gasteiger partial charge in [-0.2, -0.15) is 9.40 Å². The molecule has 2 heterocycles. The van der Waals surface area contributed by atoms with Gasteiger partial charge in [0, 0.05) is 19.2 Å². The summed E-state index contributed by atoms with van der Waals surface area (Å²) >= 11 is 0. The van der Waals surface area contributed by atoms with Crippen molar-refractivity contribution in [2.24, 2.45) is 0 Å². The number of amides is 2. The summed E-state index contributed by atoms with van der Waals surface area (Å²) in [4.78, 5) is 13.0. The summed E-state index contributed by atoms with van der Waals surface area (Å²) in [5.41, 5.74) is 6.28. The molecular weight excluding hydrogens is 474 g/mol. The number of benzene rings is 2. The van der Waals surface area contributed by atoms with Crippen molar-refractivity contribution in [3.63, 3.8) is 0 Å². The monoisotopic (exact) mass is 507 g/mol. The number of carbonyl (C=O) groups is 1. The van der Waals surface area contributed by atoms with E-state index in [1.165, 1.54) is 21.7 Å². The molecule has 1 unspecified atom stereocenters. The summed E-state index contributed by atoms with van der Waals surface area (Å²) in [6, 6.07) is 15.9. The smallest absolute Gasteiger partial charge is 0.320 e. The van der Waals surface area contributed by atoms with Crippen LogP contribution in [0.4, 0.5) is 10.6 Å². The van der Waals surface area contributed by atoms with Crippen LogP contribution in [0.2, 0.25) is 0 Å². The third-order valence-electron chi connectivity index (χ3n) is 7.11. The third-order valence-corrected chi connectivity index (χ3v) is 8.36. The number of hydrogen-bond acceptors (Lipinski definition) is 4. The van der Waals surface area contributed by atoms with E-state index in [1.54, 1.807) is 4.68 Å². The summed E-state index contributed by atoms with van der Waals surface area (Å²) in [5, 5.41) is 10.9. The van der Waals surface area contributed by atoms with Crippen LogP contribution >= 0.6 is 0 Å². The number of aryl methyl sites for hydroxylation is 2. The van der Waals surface area contributed by atoms with E-state index in [1.807, 2.05) is 36.4 Å². The largest absolute Gasteiger partial charge is 0.331 e. The Morgan fingerprint density at radius 3 is 2.72 bits per heavy atom. The number of sulfonamides is 1. The fourth-order valence-electron chi connectivity index (χ4n) is 5.15. The van der Waals surface area contributed by atoms with E-state index in [4.69, 9.17) is 5.10 Å². The number of rotatable bonds is 7. The van der Waals surface area contributed by atoms with Crippen molar-refractivity contribution < 1.29 is 13.2 Å². The summed E-state index contributed by atoms with van der Waals surface area (Å²) in [7, 11) is -3.26. The summed E-state index contributed by atoms with van der Waals surface area (Å²) < 4.78 is 27.5. The van der Waals surface area contributed by atoms with Crippen molar-refractivity contribution in [2.75, 3.05) is 18.1 Å². The maximum Gasteiger partial charge on any atom is 0.320 e. The van der Waals surface area contributed by atoms with Gasteiger partial charge in [-0.05, 0) is 66.5 Å². The molecule has 2 amide bonds. The van der Waals surface area contributed by atoms with E-state index in [-0.39, 0.29) is 12.1 Å². The topological polar surface area (TPSA) is 96.3 Å². The van der Waals surface area contributed by atoms with Crippen LogP contribution in [0.5, 0.6) is 0 Å². The Labute approximate surface area is 212 Å². The van der Waals surface area contributed by atoms with Gasteiger partial charge in [-0.1, -0.05) is 43.7 Å². The average Bonchev–Trinajstić information content (AvgIpc) is 3.45. The van der Waals surface area contributed by atoms with Crippen molar-refractivity contribution in [3.05, 3.63) is 76.5 Å². The first kappa shape index (κ1) is 24.5. The van der Waals surface area contributed by atoms with E-state index < -0.39 is 10.0 Å². The Kier molecular flexibility index (Phi) is 6.85. The highest BCUT2D eigenvalue weighted by atomic mass is 32.2. The predicted molar refractivity (Wildman–Crippen MR) is 141 cm³/mol. The highest BCUT2D eigenvalue weighted by molar-refractivity contribution is 7.88. The van der Waals surface area contributed by atoms with Crippen molar-refractivity contribution >= 4 is 21.9 Å². The van der Waals surface area contributed by atoms with Crippen LogP contribution in [0.1, 0.15) is 60.2 Å². The van der Waals surface area contributed by atoms with Gasteiger partial charge >= 0.3 is 6.03 Å². The lowest BCUT2D eigenvalue weighted by molar-refractivity contribution is 0.248. The van der Waals surface area contributed by atoms with Crippen molar-refractivity contribution in [1.82, 2.24) is 19.4 Å². The average molecular weight is 508 g/mol. The van der Waals surface area contributed by atoms with Crippen molar-refractivity contribution in [3.8, 4) is 5.69 Å². The van der Waals surface area contributed by atoms with Crippen molar-refractivity contribution in [2.45, 2.75) is 58.0 Å². The Balaban J connectivity index is 1.40. The molecule has 1 atom stereocenters. The summed E-state index contributed by atoms with van der Waals surface area (Å²) in [6.45, 7) is 2.97. The maximum atomic E-state index is 13.0. The molecule has 0 radical (unpaired) electrons. The Morgan fingerprint density at radius 2 is 1.92 bits per heavy atom. The predicted octanol–water partition coefficient (Wildman–Crippen LogP) is 4.34. The number of fused-ring (bicyclic) bond motifs is 2. The summed E-state index contributed by atoms with van der Waals surface area (Å²) in [6.07, 6.45) is 6.66. The lowest BCUT2D eigenvalue weighted by atomic mass is 10.0. The molecule has 9 heteroatoms. The molecule has 0 spiro atoms. The fourth-order valence-corrected chi connectivity index (χ4v) is 5.94. The van der Waals surface area contributed by atoms with Gasteiger partial charge in [0.1, 0.15) is 5.82 Å². The molecule has 8 nitrogen and oxygen atoms in total. The molecule has 2 aromatic carbocycles. The SMILES string of the molecule is CCCCc1cc(NC(=O)NC2CCc3ccccc32)n(-c2ccc3c(c2)CN(S(C)(=O)=O)CC3)n1. The number of carbonyl (C=O) groups excluding carboxylic acids is 1. The maximum absolute atomic E-state index is 13.0. The molecule has 5 rings (SSSR count). The minimum Gasteiger partial charge on any atom is -0.331 e. The minimum absolute atomic E-state index is 0.0112. The fraction of sp³-hybridized carbons (Fsp3) is 0.407. The zero-order chi connectivity index (χ0) is 25.3. The number of urea groups is 1. The van der Waals surface area contributed by atoms with Crippen molar-refractivity contribution in [1.29, 1.82) is 0 Å². The molecule has 0 saturated carbocycles. The molecule has 1 aliphatic carbocycles. The van der Waals surface area contributed by atoms with E-state index >= 15 is 0 Å². The van der Waals surface area contributed by atoms with E-state index in [2.05, 4.69) is 29.7 Å². The molecule has 0 saturated heterocycles. The van der Waals surface area contributed by atoms with E-state index in [9.17, 15) is 13.2 Å². The number of nitrogens with zero attached hydrogens (tertiary/aromatic N) is 3. The first-order chi connectivity index (χ1) is 17.3. The summed E-state index contributed by atoms with van der Waals surface area (Å²) in [5.74, 6) is 0.598. The van der Waals surface area contributed by atoms with Crippen LogP contribution in [0.25, 0.3) is 5.69 Å². The molecule has 1 aromatic heterocycles. The Morgan fingerprint density at radius 1 is 1.08 bits per heavy atom. The molecule has 36 heavy (non-hydrogen) atoms. The van der Waals surface area contributed by atoms with Gasteiger partial charge in [-0.15, -0.1) is 0 Å². The quantitative estimate of drug-likeness (QED) is 0.497. The zero-order valence-electron chi connectivity index (χ0n) is 20.8. The van der Waals surface area contributed by atoms with Crippen LogP contribution in [0.3, 0.4) is 0 Å². The van der Waals surface area contributed by atoms with Gasteiger partial charge in [0.2, 0.25) is 10.0 Å². The van der Waals surface area contributed by atoms with Gasteiger partial charge < -0.3 is 5.32 Å². The van der Waals surface area contributed by atoms with Crippen LogP contribution < -0.4 is 10.6 Å². The number of hydrogen-bond donors (Lipinski definition) is 2. The standard InChI is InChI=1S/C27H33N5O3S/c1-3-4-8-22-17-26(29-27(33)28-25-13-11-20-7-5-6-9-24(20)25)32(30-22)23-12-10-19-14-15-31(36(2,34)35)18-21(19)16-23/h5-7,9-10,12,16-17,25H,3-4,8,11,13-15,18H2,1-2H3,(H2,28,29,33). The van der Waals surface area contributed by atoms with E-state index in [0.717, 1.165) is 54.6 Å².